The predicted octanol–water partition coefficient (Wildman–Crippen LogP) is 3.86. The number of nitrogens with two attached hydrogens (primary N) is 1. The van der Waals surface area contributed by atoms with Crippen LogP contribution in [0.1, 0.15) is 30.4 Å². The number of amides is 1. The van der Waals surface area contributed by atoms with Crippen LogP contribution in [0.15, 0.2) is 73.1 Å². The van der Waals surface area contributed by atoms with E-state index >= 15 is 0 Å². The van der Waals surface area contributed by atoms with Gasteiger partial charge in [-0.25, -0.2) is 9.97 Å². The molecule has 1 atom stereocenters. The van der Waals surface area contributed by atoms with E-state index < -0.39 is 0 Å². The molecule has 2 aliphatic heterocycles. The molecule has 2 fully saturated rings. The Bertz CT molecular complexity index is 1390. The van der Waals surface area contributed by atoms with Crippen LogP contribution in [0, 0.1) is 5.41 Å². The van der Waals surface area contributed by atoms with Gasteiger partial charge in [0.2, 0.25) is 5.91 Å². The number of likely N-dealkylation sites (tertiary alicyclic amines) is 2. The molecule has 0 bridgehead atoms. The van der Waals surface area contributed by atoms with Crippen LogP contribution >= 0.6 is 0 Å². The number of rotatable bonds is 10. The fourth-order valence-corrected chi connectivity index (χ4v) is 5.50. The minimum absolute atomic E-state index is 0.00764. The largest absolute Gasteiger partial charge is 0.457 e. The first-order chi connectivity index (χ1) is 20.4. The summed E-state index contributed by atoms with van der Waals surface area (Å²) in [7, 11) is 4.30. The van der Waals surface area contributed by atoms with E-state index in [2.05, 4.69) is 39.2 Å². The van der Waals surface area contributed by atoms with E-state index in [0.29, 0.717) is 41.8 Å². The summed E-state index contributed by atoms with van der Waals surface area (Å²) in [6.07, 6.45) is 8.17. The maximum atomic E-state index is 12.9. The minimum atomic E-state index is -0.00764. The quantitative estimate of drug-likeness (QED) is 0.249. The van der Waals surface area contributed by atoms with Crippen molar-refractivity contribution in [2.45, 2.75) is 31.3 Å². The smallest absolute Gasteiger partial charge is 0.246 e. The van der Waals surface area contributed by atoms with Gasteiger partial charge in [-0.1, -0.05) is 24.3 Å². The third-order valence-corrected chi connectivity index (χ3v) is 8.05. The maximum Gasteiger partial charge on any atom is 0.246 e. The van der Waals surface area contributed by atoms with Gasteiger partial charge in [0.15, 0.2) is 0 Å². The summed E-state index contributed by atoms with van der Waals surface area (Å²) >= 11 is 0. The fraction of sp³-hybridized carbons (Fsp3) is 0.375. The zero-order chi connectivity index (χ0) is 29.5. The van der Waals surface area contributed by atoms with Crippen LogP contribution in [-0.4, -0.2) is 95.2 Å². The lowest BCUT2D eigenvalue weighted by Crippen LogP contribution is -2.41. The molecule has 3 heterocycles. The molecular weight excluding hydrogens is 528 g/mol. The molecule has 0 aliphatic carbocycles. The summed E-state index contributed by atoms with van der Waals surface area (Å²) in [5.74, 6) is 2.15. The zero-order valence-corrected chi connectivity index (χ0v) is 24.4. The molecule has 5 rings (SSSR count). The number of nitrogen functional groups attached to an aromatic ring is 1. The molecule has 4 N–H and O–H groups in total. The Hall–Kier alpha value is -4.28. The molecule has 42 heavy (non-hydrogen) atoms. The Labute approximate surface area is 247 Å². The topological polar surface area (TPSA) is 124 Å². The summed E-state index contributed by atoms with van der Waals surface area (Å²) in [5.41, 5.74) is 7.56. The van der Waals surface area contributed by atoms with Crippen molar-refractivity contribution in [1.29, 1.82) is 5.41 Å². The SMILES string of the molecule is CN1CCC(N(C)C/C=C/C(=O)N2CC[C@@H](Nc3ncnc(N)c3C(=N)c3ccc(Oc4ccccc4)cc3)C2)CC1. The van der Waals surface area contributed by atoms with Crippen molar-refractivity contribution in [2.24, 2.45) is 0 Å². The number of anilines is 2. The number of hydrogen-bond donors (Lipinski definition) is 3. The molecule has 2 aliphatic rings. The van der Waals surface area contributed by atoms with Crippen molar-refractivity contribution in [3.8, 4) is 11.5 Å². The highest BCUT2D eigenvalue weighted by Crippen LogP contribution is 2.26. The zero-order valence-electron chi connectivity index (χ0n) is 24.4. The van der Waals surface area contributed by atoms with Crippen molar-refractivity contribution < 1.29 is 9.53 Å². The highest BCUT2D eigenvalue weighted by atomic mass is 16.5. The van der Waals surface area contributed by atoms with Crippen molar-refractivity contribution in [1.82, 2.24) is 24.7 Å². The normalized spacial score (nSPS) is 18.1. The highest BCUT2D eigenvalue weighted by Gasteiger charge is 2.27. The van der Waals surface area contributed by atoms with Gasteiger partial charge < -0.3 is 25.6 Å². The number of benzene rings is 2. The van der Waals surface area contributed by atoms with E-state index in [9.17, 15) is 4.79 Å². The molecule has 0 saturated carbocycles. The average molecular weight is 569 g/mol. The fourth-order valence-electron chi connectivity index (χ4n) is 5.50. The van der Waals surface area contributed by atoms with Crippen LogP contribution in [0.2, 0.25) is 0 Å². The third kappa shape index (κ3) is 7.32. The van der Waals surface area contributed by atoms with Crippen molar-refractivity contribution in [3.05, 3.63) is 84.2 Å². The molecule has 3 aromatic rings. The van der Waals surface area contributed by atoms with Crippen molar-refractivity contribution in [3.63, 3.8) is 0 Å². The molecule has 10 heteroatoms. The van der Waals surface area contributed by atoms with Crippen molar-refractivity contribution in [2.75, 3.05) is 57.9 Å². The van der Waals surface area contributed by atoms with Gasteiger partial charge in [0.25, 0.3) is 0 Å². The highest BCUT2D eigenvalue weighted by molar-refractivity contribution is 6.16. The summed E-state index contributed by atoms with van der Waals surface area (Å²) in [6.45, 7) is 4.21. The lowest BCUT2D eigenvalue weighted by Gasteiger charge is -2.34. The number of nitrogens with one attached hydrogen (secondary N) is 2. The number of ether oxygens (including phenoxy) is 1. The number of carbonyl (C=O) groups is 1. The Kier molecular flexibility index (Phi) is 9.45. The van der Waals surface area contributed by atoms with Gasteiger partial charge in [-0.3, -0.25) is 15.1 Å². The molecule has 0 unspecified atom stereocenters. The molecule has 1 aromatic heterocycles. The monoisotopic (exact) mass is 568 g/mol. The van der Waals surface area contributed by atoms with Crippen LogP contribution in [0.3, 0.4) is 0 Å². The van der Waals surface area contributed by atoms with E-state index in [1.807, 2.05) is 65.6 Å². The summed E-state index contributed by atoms with van der Waals surface area (Å²) in [6, 6.07) is 17.4. The van der Waals surface area contributed by atoms with Crippen molar-refractivity contribution >= 4 is 23.3 Å². The van der Waals surface area contributed by atoms with Gasteiger partial charge in [0, 0.05) is 43.4 Å². The van der Waals surface area contributed by atoms with E-state index in [-0.39, 0.29) is 23.5 Å². The predicted molar refractivity (Wildman–Crippen MR) is 166 cm³/mol. The number of likely N-dealkylation sites (N-methyl/N-ethyl adjacent to an activating group) is 1. The van der Waals surface area contributed by atoms with Crippen LogP contribution in [0.4, 0.5) is 11.6 Å². The van der Waals surface area contributed by atoms with Gasteiger partial charge >= 0.3 is 0 Å². The van der Waals surface area contributed by atoms with Crippen LogP contribution < -0.4 is 15.8 Å². The second kappa shape index (κ2) is 13.6. The molecule has 2 aromatic carbocycles. The number of nitrogens with zero attached hydrogens (tertiary/aromatic N) is 5. The number of para-hydroxylation sites is 1. The van der Waals surface area contributed by atoms with Gasteiger partial charge in [-0.2, -0.15) is 0 Å². The van der Waals surface area contributed by atoms with Gasteiger partial charge in [0.1, 0.15) is 29.5 Å². The number of piperidine rings is 1. The molecule has 0 radical (unpaired) electrons. The lowest BCUT2D eigenvalue weighted by atomic mass is 10.0. The molecule has 220 valence electrons. The summed E-state index contributed by atoms with van der Waals surface area (Å²) in [5, 5.41) is 12.3. The second-order valence-electron chi connectivity index (χ2n) is 11.1. The maximum absolute atomic E-state index is 12.9. The molecule has 2 saturated heterocycles. The Morgan fingerprint density at radius 3 is 2.52 bits per heavy atom. The number of hydrogen-bond acceptors (Lipinski definition) is 9. The molecule has 0 spiro atoms. The number of carbonyl (C=O) groups excluding carboxylic acids is 1. The Balaban J connectivity index is 1.17. The van der Waals surface area contributed by atoms with E-state index in [1.165, 1.54) is 6.33 Å². The van der Waals surface area contributed by atoms with Crippen LogP contribution in [0.5, 0.6) is 11.5 Å². The molecule has 10 nitrogen and oxygen atoms in total. The Morgan fingerprint density at radius 1 is 1.07 bits per heavy atom. The van der Waals surface area contributed by atoms with Gasteiger partial charge in [-0.05, 0) is 82.8 Å². The summed E-state index contributed by atoms with van der Waals surface area (Å²) < 4.78 is 5.88. The average Bonchev–Trinajstić information content (AvgIpc) is 3.47. The van der Waals surface area contributed by atoms with E-state index in [4.69, 9.17) is 15.9 Å². The third-order valence-electron chi connectivity index (χ3n) is 8.05. The Morgan fingerprint density at radius 2 is 1.79 bits per heavy atom. The molecule has 1 amide bonds. The van der Waals surface area contributed by atoms with Gasteiger partial charge in [0.05, 0.1) is 11.3 Å². The lowest BCUT2D eigenvalue weighted by molar-refractivity contribution is -0.125. The van der Waals surface area contributed by atoms with E-state index in [1.54, 1.807) is 6.08 Å². The second-order valence-corrected chi connectivity index (χ2v) is 11.1. The van der Waals surface area contributed by atoms with Crippen LogP contribution in [-0.2, 0) is 4.79 Å². The van der Waals surface area contributed by atoms with Crippen LogP contribution in [0.25, 0.3) is 0 Å². The minimum Gasteiger partial charge on any atom is -0.457 e. The summed E-state index contributed by atoms with van der Waals surface area (Å²) in [4.78, 5) is 28.0. The first-order valence-corrected chi connectivity index (χ1v) is 14.5. The van der Waals surface area contributed by atoms with E-state index in [0.717, 1.165) is 44.6 Å². The number of aromatic nitrogens is 2. The standard InChI is InChI=1S/C32H40N8O2/c1-38-18-15-25(16-19-38)39(2)17-6-9-28(41)40-20-14-24(21-40)37-32-29(31(34)35-22-36-32)30(33)23-10-12-27(13-11-23)42-26-7-4-3-5-8-26/h3-13,22,24-25,33H,14-21H2,1-2H3,(H3,34,35,36,37)/b9-6+,33-30?/t24-/m1/s1. The van der Waals surface area contributed by atoms with Gasteiger partial charge in [-0.15, -0.1) is 0 Å². The first-order valence-electron chi connectivity index (χ1n) is 14.5. The first kappa shape index (κ1) is 29.2. The molecular formula is C32H40N8O2.